The molecular weight excluding hydrogens is 219 g/mol. The molecule has 0 fully saturated rings. The van der Waals surface area contributed by atoms with Crippen molar-refractivity contribution in [3.8, 4) is 0 Å². The van der Waals surface area contributed by atoms with Crippen molar-refractivity contribution in [2.75, 3.05) is 5.73 Å². The van der Waals surface area contributed by atoms with Crippen molar-refractivity contribution in [3.63, 3.8) is 0 Å². The van der Waals surface area contributed by atoms with Crippen molar-refractivity contribution in [1.82, 2.24) is 4.98 Å². The number of halogens is 5. The van der Waals surface area contributed by atoms with Crippen LogP contribution in [0.4, 0.5) is 27.8 Å². The zero-order chi connectivity index (χ0) is 11.8. The molecule has 0 amide bonds. The second-order valence-electron chi connectivity index (χ2n) is 2.92. The molecule has 7 heteroatoms. The summed E-state index contributed by atoms with van der Waals surface area (Å²) in [5.74, 6) is -0.919. The van der Waals surface area contributed by atoms with Gasteiger partial charge in [-0.2, -0.15) is 13.2 Å². The van der Waals surface area contributed by atoms with Crippen molar-refractivity contribution >= 4 is 5.82 Å². The quantitative estimate of drug-likeness (QED) is 0.747. The molecular formula is C8H7F5N2. The standard InChI is InChI=1S/C8H7F5N2/c1-3-2-4(6(9)10)15-7(14)5(3)8(11,12)13/h2,6H,1H3,(H2,14,15). The van der Waals surface area contributed by atoms with Crippen molar-refractivity contribution in [2.45, 2.75) is 19.5 Å². The average Bonchev–Trinajstić information content (AvgIpc) is 1.99. The Morgan fingerprint density at radius 2 is 1.87 bits per heavy atom. The molecule has 0 saturated carbocycles. The lowest BCUT2D eigenvalue weighted by Gasteiger charge is -2.13. The zero-order valence-electron chi connectivity index (χ0n) is 7.57. The Hall–Kier alpha value is -1.40. The third-order valence-corrected chi connectivity index (χ3v) is 1.77. The van der Waals surface area contributed by atoms with E-state index in [2.05, 4.69) is 4.98 Å². The first kappa shape index (κ1) is 11.7. The molecule has 84 valence electrons. The van der Waals surface area contributed by atoms with E-state index in [1.807, 2.05) is 0 Å². The predicted molar refractivity (Wildman–Crippen MR) is 43.3 cm³/mol. The minimum Gasteiger partial charge on any atom is -0.383 e. The maximum atomic E-state index is 12.3. The minimum atomic E-state index is -4.68. The maximum absolute atomic E-state index is 12.3. The molecule has 15 heavy (non-hydrogen) atoms. The van der Waals surface area contributed by atoms with Crippen LogP contribution in [0.25, 0.3) is 0 Å². The van der Waals surface area contributed by atoms with E-state index < -0.39 is 29.7 Å². The number of aryl methyl sites for hydroxylation is 1. The van der Waals surface area contributed by atoms with Crippen molar-refractivity contribution < 1.29 is 22.0 Å². The van der Waals surface area contributed by atoms with E-state index in [1.165, 1.54) is 0 Å². The molecule has 1 aromatic rings. The first-order valence-electron chi connectivity index (χ1n) is 3.86. The van der Waals surface area contributed by atoms with Gasteiger partial charge in [0.1, 0.15) is 17.1 Å². The number of nitrogens with two attached hydrogens (primary N) is 1. The van der Waals surface area contributed by atoms with Crippen LogP contribution in [0.5, 0.6) is 0 Å². The molecule has 1 rings (SSSR count). The lowest BCUT2D eigenvalue weighted by atomic mass is 10.1. The molecule has 0 aromatic carbocycles. The summed E-state index contributed by atoms with van der Waals surface area (Å²) in [7, 11) is 0. The Bertz CT molecular complexity index is 349. The second kappa shape index (κ2) is 3.63. The van der Waals surface area contributed by atoms with Crippen LogP contribution in [0.1, 0.15) is 23.2 Å². The SMILES string of the molecule is Cc1cc(C(F)F)nc(N)c1C(F)(F)F. The monoisotopic (exact) mass is 226 g/mol. The number of rotatable bonds is 1. The van der Waals surface area contributed by atoms with Gasteiger partial charge in [0.15, 0.2) is 0 Å². The number of pyridine rings is 1. The summed E-state index contributed by atoms with van der Waals surface area (Å²) in [4.78, 5) is 3.01. The predicted octanol–water partition coefficient (Wildman–Crippen LogP) is 2.93. The molecule has 0 saturated heterocycles. The highest BCUT2D eigenvalue weighted by atomic mass is 19.4. The molecule has 0 unspecified atom stereocenters. The Kier molecular flexibility index (Phi) is 2.83. The molecule has 0 aliphatic rings. The van der Waals surface area contributed by atoms with Gasteiger partial charge in [0.2, 0.25) is 0 Å². The van der Waals surface area contributed by atoms with Gasteiger partial charge < -0.3 is 5.73 Å². The summed E-state index contributed by atoms with van der Waals surface area (Å²) >= 11 is 0. The summed E-state index contributed by atoms with van der Waals surface area (Å²) in [6.07, 6.45) is -7.62. The van der Waals surface area contributed by atoms with Crippen LogP contribution in [0.15, 0.2) is 6.07 Å². The Balaban J connectivity index is 3.34. The summed E-state index contributed by atoms with van der Waals surface area (Å²) in [5.41, 5.74) is 2.71. The van der Waals surface area contributed by atoms with Gasteiger partial charge in [-0.25, -0.2) is 13.8 Å². The number of nitrogen functional groups attached to an aromatic ring is 1. The highest BCUT2D eigenvalue weighted by Crippen LogP contribution is 2.36. The van der Waals surface area contributed by atoms with Crippen molar-refractivity contribution in [3.05, 3.63) is 22.9 Å². The van der Waals surface area contributed by atoms with E-state index in [1.54, 1.807) is 0 Å². The van der Waals surface area contributed by atoms with Crippen LogP contribution >= 0.6 is 0 Å². The van der Waals surface area contributed by atoms with Crippen LogP contribution in [0.3, 0.4) is 0 Å². The number of nitrogens with zero attached hydrogens (tertiary/aromatic N) is 1. The van der Waals surface area contributed by atoms with Gasteiger partial charge in [0.05, 0.1) is 0 Å². The normalized spacial score (nSPS) is 12.2. The van der Waals surface area contributed by atoms with E-state index in [4.69, 9.17) is 5.73 Å². The number of hydrogen-bond donors (Lipinski definition) is 1. The molecule has 0 spiro atoms. The fraction of sp³-hybridized carbons (Fsp3) is 0.375. The molecule has 2 N–H and O–H groups in total. The number of anilines is 1. The van der Waals surface area contributed by atoms with Gasteiger partial charge in [-0.3, -0.25) is 0 Å². The third kappa shape index (κ3) is 2.34. The number of alkyl halides is 5. The highest BCUT2D eigenvalue weighted by molar-refractivity contribution is 5.47. The van der Waals surface area contributed by atoms with Crippen LogP contribution in [-0.2, 0) is 6.18 Å². The number of hydrogen-bond acceptors (Lipinski definition) is 2. The van der Waals surface area contributed by atoms with E-state index in [-0.39, 0.29) is 5.56 Å². The fourth-order valence-corrected chi connectivity index (χ4v) is 1.20. The minimum absolute atomic E-state index is 0.356. The molecule has 1 aromatic heterocycles. The van der Waals surface area contributed by atoms with Gasteiger partial charge in [0, 0.05) is 0 Å². The van der Waals surface area contributed by atoms with Gasteiger partial charge in [0.25, 0.3) is 6.43 Å². The average molecular weight is 226 g/mol. The molecule has 1 heterocycles. The molecule has 2 nitrogen and oxygen atoms in total. The summed E-state index contributed by atoms with van der Waals surface area (Å²) in [6.45, 7) is 1.06. The van der Waals surface area contributed by atoms with Gasteiger partial charge in [-0.15, -0.1) is 0 Å². The van der Waals surface area contributed by atoms with Crippen LogP contribution in [0, 0.1) is 6.92 Å². The summed E-state index contributed by atoms with van der Waals surface area (Å²) < 4.78 is 61.3. The summed E-state index contributed by atoms with van der Waals surface area (Å²) in [6, 6.07) is 0.684. The van der Waals surface area contributed by atoms with Crippen molar-refractivity contribution in [2.24, 2.45) is 0 Å². The molecule has 0 radical (unpaired) electrons. The molecule has 0 atom stereocenters. The van der Waals surface area contributed by atoms with Crippen LogP contribution < -0.4 is 5.73 Å². The second-order valence-corrected chi connectivity index (χ2v) is 2.92. The molecule has 0 aliphatic carbocycles. The fourth-order valence-electron chi connectivity index (χ4n) is 1.20. The highest BCUT2D eigenvalue weighted by Gasteiger charge is 2.36. The molecule has 0 aliphatic heterocycles. The maximum Gasteiger partial charge on any atom is 0.420 e. The van der Waals surface area contributed by atoms with E-state index in [0.29, 0.717) is 6.07 Å². The van der Waals surface area contributed by atoms with Crippen LogP contribution in [-0.4, -0.2) is 4.98 Å². The third-order valence-electron chi connectivity index (χ3n) is 1.77. The Labute approximate surface area is 81.9 Å². The van der Waals surface area contributed by atoms with Gasteiger partial charge >= 0.3 is 6.18 Å². The largest absolute Gasteiger partial charge is 0.420 e. The van der Waals surface area contributed by atoms with Gasteiger partial charge in [-0.1, -0.05) is 0 Å². The Morgan fingerprint density at radius 3 is 2.20 bits per heavy atom. The lowest BCUT2D eigenvalue weighted by Crippen LogP contribution is -2.14. The summed E-state index contributed by atoms with van der Waals surface area (Å²) in [5, 5.41) is 0. The van der Waals surface area contributed by atoms with E-state index in [0.717, 1.165) is 6.92 Å². The van der Waals surface area contributed by atoms with E-state index in [9.17, 15) is 22.0 Å². The zero-order valence-corrected chi connectivity index (χ0v) is 7.57. The Morgan fingerprint density at radius 1 is 1.33 bits per heavy atom. The first-order chi connectivity index (χ1) is 6.73. The van der Waals surface area contributed by atoms with Gasteiger partial charge in [-0.05, 0) is 18.6 Å². The van der Waals surface area contributed by atoms with Crippen LogP contribution in [0.2, 0.25) is 0 Å². The smallest absolute Gasteiger partial charge is 0.383 e. The van der Waals surface area contributed by atoms with Crippen molar-refractivity contribution in [1.29, 1.82) is 0 Å². The van der Waals surface area contributed by atoms with E-state index >= 15 is 0 Å². The number of aromatic nitrogens is 1. The molecule has 0 bridgehead atoms. The first-order valence-corrected chi connectivity index (χ1v) is 3.86. The lowest BCUT2D eigenvalue weighted by molar-refractivity contribution is -0.137. The topological polar surface area (TPSA) is 38.9 Å².